The standard InChI is InChI=1S/C18H20BrClN4O4S2/c1-29-9-8-15(23-18(21)26)17(25)22-13-6-7-14(20)16(10-13)30(27,28)24-12-4-2-11(19)3-5-12/h2-7,10,15,24H,8-9H2,1H3,(H,22,25)(H3,21,23,26)/t15-/m0/s1. The van der Waals surface area contributed by atoms with Crippen LogP contribution in [0.5, 0.6) is 0 Å². The van der Waals surface area contributed by atoms with Crippen LogP contribution in [0.2, 0.25) is 5.02 Å². The normalized spacial score (nSPS) is 12.1. The van der Waals surface area contributed by atoms with Crippen LogP contribution in [0, 0.1) is 0 Å². The van der Waals surface area contributed by atoms with E-state index in [2.05, 4.69) is 31.3 Å². The van der Waals surface area contributed by atoms with Crippen molar-refractivity contribution in [3.63, 3.8) is 0 Å². The lowest BCUT2D eigenvalue weighted by Gasteiger charge is -2.17. The third-order valence-electron chi connectivity index (χ3n) is 3.83. The molecule has 2 aromatic carbocycles. The molecule has 1 atom stereocenters. The Kier molecular flexibility index (Phi) is 8.83. The second-order valence-corrected chi connectivity index (χ2v) is 10.0. The van der Waals surface area contributed by atoms with Gasteiger partial charge in [0.15, 0.2) is 0 Å². The van der Waals surface area contributed by atoms with Gasteiger partial charge in [0.1, 0.15) is 10.9 Å². The Labute approximate surface area is 192 Å². The average molecular weight is 536 g/mol. The minimum Gasteiger partial charge on any atom is -0.352 e. The largest absolute Gasteiger partial charge is 0.352 e. The van der Waals surface area contributed by atoms with E-state index in [1.165, 1.54) is 30.0 Å². The lowest BCUT2D eigenvalue weighted by molar-refractivity contribution is -0.117. The molecule has 0 aliphatic rings. The molecule has 0 aromatic heterocycles. The first-order chi connectivity index (χ1) is 14.1. The predicted molar refractivity (Wildman–Crippen MR) is 125 cm³/mol. The zero-order chi connectivity index (χ0) is 22.3. The minimum absolute atomic E-state index is 0.00759. The van der Waals surface area contributed by atoms with Crippen molar-refractivity contribution in [1.82, 2.24) is 5.32 Å². The van der Waals surface area contributed by atoms with Crippen molar-refractivity contribution in [2.75, 3.05) is 22.0 Å². The highest BCUT2D eigenvalue weighted by Crippen LogP contribution is 2.27. The Morgan fingerprint density at radius 3 is 2.40 bits per heavy atom. The molecule has 5 N–H and O–H groups in total. The van der Waals surface area contributed by atoms with Crippen LogP contribution >= 0.6 is 39.3 Å². The summed E-state index contributed by atoms with van der Waals surface area (Å²) in [5.41, 5.74) is 5.70. The second kappa shape index (κ2) is 10.9. The number of benzene rings is 2. The molecule has 0 heterocycles. The van der Waals surface area contributed by atoms with E-state index >= 15 is 0 Å². The van der Waals surface area contributed by atoms with Crippen LogP contribution in [0.1, 0.15) is 6.42 Å². The number of anilines is 2. The van der Waals surface area contributed by atoms with Crippen molar-refractivity contribution in [2.45, 2.75) is 17.4 Å². The monoisotopic (exact) mass is 534 g/mol. The third kappa shape index (κ3) is 7.08. The maximum atomic E-state index is 12.8. The number of primary amides is 1. The molecule has 0 fully saturated rings. The molecule has 12 heteroatoms. The van der Waals surface area contributed by atoms with Crippen molar-refractivity contribution in [2.24, 2.45) is 5.73 Å². The number of hydrogen-bond acceptors (Lipinski definition) is 5. The summed E-state index contributed by atoms with van der Waals surface area (Å²) in [7, 11) is -4.01. The van der Waals surface area contributed by atoms with Crippen LogP contribution in [0.25, 0.3) is 0 Å². The smallest absolute Gasteiger partial charge is 0.312 e. The Morgan fingerprint density at radius 1 is 1.17 bits per heavy atom. The number of halogens is 2. The number of thioether (sulfide) groups is 1. The molecule has 0 saturated carbocycles. The molecule has 0 unspecified atom stereocenters. The van der Waals surface area contributed by atoms with Crippen LogP contribution in [-0.2, 0) is 14.8 Å². The fraction of sp³-hybridized carbons (Fsp3) is 0.222. The summed E-state index contributed by atoms with van der Waals surface area (Å²) in [5, 5.41) is 4.97. The maximum absolute atomic E-state index is 12.8. The van der Waals surface area contributed by atoms with Crippen molar-refractivity contribution in [1.29, 1.82) is 0 Å². The minimum atomic E-state index is -4.01. The van der Waals surface area contributed by atoms with Gasteiger partial charge in [-0.3, -0.25) is 9.52 Å². The zero-order valence-corrected chi connectivity index (χ0v) is 19.8. The number of rotatable bonds is 9. The Hall–Kier alpha value is -1.95. The zero-order valence-electron chi connectivity index (χ0n) is 15.8. The van der Waals surface area contributed by atoms with E-state index in [9.17, 15) is 18.0 Å². The Morgan fingerprint density at radius 2 is 1.80 bits per heavy atom. The lowest BCUT2D eigenvalue weighted by Crippen LogP contribution is -2.46. The lowest BCUT2D eigenvalue weighted by atomic mass is 10.2. The molecule has 0 spiro atoms. The van der Waals surface area contributed by atoms with Crippen molar-refractivity contribution in [3.8, 4) is 0 Å². The van der Waals surface area contributed by atoms with E-state index < -0.39 is 28.0 Å². The highest BCUT2D eigenvalue weighted by Gasteiger charge is 2.22. The highest BCUT2D eigenvalue weighted by molar-refractivity contribution is 9.10. The number of urea groups is 1. The summed E-state index contributed by atoms with van der Waals surface area (Å²) in [4.78, 5) is 23.5. The van der Waals surface area contributed by atoms with Gasteiger partial charge in [-0.1, -0.05) is 27.5 Å². The average Bonchev–Trinajstić information content (AvgIpc) is 2.67. The number of nitrogens with one attached hydrogen (secondary N) is 3. The van der Waals surface area contributed by atoms with Gasteiger partial charge in [-0.15, -0.1) is 0 Å². The van der Waals surface area contributed by atoms with Gasteiger partial charge in [-0.05, 0) is 60.9 Å². The number of sulfonamides is 1. The summed E-state index contributed by atoms with van der Waals surface area (Å²) in [6.45, 7) is 0. The topological polar surface area (TPSA) is 130 Å². The van der Waals surface area contributed by atoms with E-state index in [0.29, 0.717) is 17.9 Å². The van der Waals surface area contributed by atoms with Gasteiger partial charge >= 0.3 is 6.03 Å². The molecule has 0 bridgehead atoms. The van der Waals surface area contributed by atoms with Crippen LogP contribution in [0.3, 0.4) is 0 Å². The van der Waals surface area contributed by atoms with Crippen molar-refractivity contribution >= 4 is 72.6 Å². The first kappa shape index (κ1) is 24.3. The summed E-state index contributed by atoms with van der Waals surface area (Å²) in [5.74, 6) is 0.102. The predicted octanol–water partition coefficient (Wildman–Crippen LogP) is 3.63. The van der Waals surface area contributed by atoms with Crippen LogP contribution < -0.4 is 21.1 Å². The first-order valence-corrected chi connectivity index (χ1v) is 12.6. The fourth-order valence-corrected chi connectivity index (χ4v) is 4.74. The van der Waals surface area contributed by atoms with E-state index in [1.54, 1.807) is 24.3 Å². The molecule has 30 heavy (non-hydrogen) atoms. The van der Waals surface area contributed by atoms with Crippen LogP contribution in [-0.4, -0.2) is 38.4 Å². The molecule has 0 saturated heterocycles. The Bertz CT molecular complexity index is 1020. The molecular weight excluding hydrogens is 516 g/mol. The summed E-state index contributed by atoms with van der Waals surface area (Å²) in [6, 6.07) is 8.96. The molecule has 2 aromatic rings. The molecule has 0 aliphatic carbocycles. The van der Waals surface area contributed by atoms with Gasteiger partial charge < -0.3 is 16.4 Å². The molecule has 8 nitrogen and oxygen atoms in total. The van der Waals surface area contributed by atoms with E-state index in [4.69, 9.17) is 17.3 Å². The molecule has 3 amide bonds. The van der Waals surface area contributed by atoms with Gasteiger partial charge in [0.25, 0.3) is 10.0 Å². The molecular formula is C18H20BrClN4O4S2. The molecule has 0 radical (unpaired) electrons. The van der Waals surface area contributed by atoms with Gasteiger partial charge in [0, 0.05) is 15.8 Å². The van der Waals surface area contributed by atoms with Gasteiger partial charge in [-0.25, -0.2) is 13.2 Å². The molecule has 2 rings (SSSR count). The van der Waals surface area contributed by atoms with Gasteiger partial charge in [-0.2, -0.15) is 11.8 Å². The first-order valence-electron chi connectivity index (χ1n) is 8.56. The van der Waals surface area contributed by atoms with Crippen LogP contribution in [0.4, 0.5) is 16.2 Å². The number of amides is 3. The number of carbonyl (C=O) groups excluding carboxylic acids is 2. The third-order valence-corrected chi connectivity index (χ3v) is 6.86. The molecule has 162 valence electrons. The highest BCUT2D eigenvalue weighted by atomic mass is 79.9. The fourth-order valence-electron chi connectivity index (χ4n) is 2.42. The van der Waals surface area contributed by atoms with Gasteiger partial charge in [0.2, 0.25) is 5.91 Å². The summed E-state index contributed by atoms with van der Waals surface area (Å²) in [6.07, 6.45) is 2.23. The van der Waals surface area contributed by atoms with Crippen molar-refractivity contribution in [3.05, 3.63) is 52.0 Å². The number of nitrogens with two attached hydrogens (primary N) is 1. The SMILES string of the molecule is CSCC[C@H](NC(N)=O)C(=O)Nc1ccc(Cl)c(S(=O)(=O)Nc2ccc(Br)cc2)c1. The van der Waals surface area contributed by atoms with Crippen molar-refractivity contribution < 1.29 is 18.0 Å². The summed E-state index contributed by atoms with van der Waals surface area (Å²) < 4.78 is 28.8. The number of carbonyl (C=O) groups is 2. The van der Waals surface area contributed by atoms with Gasteiger partial charge in [0.05, 0.1) is 5.02 Å². The Balaban J connectivity index is 2.23. The van der Waals surface area contributed by atoms with Crippen LogP contribution in [0.15, 0.2) is 51.8 Å². The second-order valence-electron chi connectivity index (χ2n) is 6.09. The summed E-state index contributed by atoms with van der Waals surface area (Å²) >= 11 is 10.9. The maximum Gasteiger partial charge on any atom is 0.312 e. The number of hydrogen-bond donors (Lipinski definition) is 4. The molecule has 0 aliphatic heterocycles. The van der Waals surface area contributed by atoms with E-state index in [-0.39, 0.29) is 15.6 Å². The van der Waals surface area contributed by atoms with E-state index in [1.807, 2.05) is 6.26 Å². The quantitative estimate of drug-likeness (QED) is 0.389. The van der Waals surface area contributed by atoms with E-state index in [0.717, 1.165) is 4.47 Å².